The first kappa shape index (κ1) is 13.0. The van der Waals surface area contributed by atoms with Crippen molar-refractivity contribution in [3.05, 3.63) is 0 Å². The summed E-state index contributed by atoms with van der Waals surface area (Å²) in [5.41, 5.74) is 0. The van der Waals surface area contributed by atoms with E-state index in [2.05, 4.69) is 0 Å². The van der Waals surface area contributed by atoms with Crippen LogP contribution in [0.5, 0.6) is 0 Å². The lowest BCUT2D eigenvalue weighted by atomic mass is 9.88. The number of hydrogen-bond donors (Lipinski definition) is 0. The standard InChI is InChI=1S/C13H22O4/c1-13(15-2,16-3)8-12(14)9-6-10-4-5-11(7-9)17-10/h9-11H,4-8H2,1-3H3. The molecule has 2 unspecified atom stereocenters. The molecule has 0 amide bonds. The van der Waals surface area contributed by atoms with Gasteiger partial charge in [-0.05, 0) is 32.6 Å². The van der Waals surface area contributed by atoms with Gasteiger partial charge in [0.1, 0.15) is 5.78 Å². The highest BCUT2D eigenvalue weighted by molar-refractivity contribution is 5.82. The van der Waals surface area contributed by atoms with Crippen LogP contribution in [-0.4, -0.2) is 38.0 Å². The van der Waals surface area contributed by atoms with Crippen molar-refractivity contribution in [1.82, 2.24) is 0 Å². The van der Waals surface area contributed by atoms with Crippen molar-refractivity contribution >= 4 is 5.78 Å². The van der Waals surface area contributed by atoms with Crippen LogP contribution >= 0.6 is 0 Å². The van der Waals surface area contributed by atoms with E-state index in [1.54, 1.807) is 21.1 Å². The fraction of sp³-hybridized carbons (Fsp3) is 0.923. The van der Waals surface area contributed by atoms with Crippen molar-refractivity contribution in [1.29, 1.82) is 0 Å². The van der Waals surface area contributed by atoms with Gasteiger partial charge in [-0.2, -0.15) is 0 Å². The van der Waals surface area contributed by atoms with E-state index in [1.165, 1.54) is 0 Å². The van der Waals surface area contributed by atoms with Gasteiger partial charge in [-0.1, -0.05) is 0 Å². The third-order valence-corrected chi connectivity index (χ3v) is 4.10. The zero-order valence-corrected chi connectivity index (χ0v) is 10.9. The Hall–Kier alpha value is -0.450. The number of carbonyl (C=O) groups excluding carboxylic acids is 1. The predicted octanol–water partition coefficient (Wildman–Crippen LogP) is 1.91. The van der Waals surface area contributed by atoms with Crippen molar-refractivity contribution in [2.45, 2.75) is 57.0 Å². The highest BCUT2D eigenvalue weighted by Gasteiger charge is 2.39. The molecule has 2 atom stereocenters. The Balaban J connectivity index is 1.92. The zero-order valence-electron chi connectivity index (χ0n) is 10.9. The Labute approximate surface area is 103 Å². The van der Waals surface area contributed by atoms with Crippen molar-refractivity contribution < 1.29 is 19.0 Å². The summed E-state index contributed by atoms with van der Waals surface area (Å²) in [5, 5.41) is 0. The average molecular weight is 242 g/mol. The molecule has 4 nitrogen and oxygen atoms in total. The number of hydrogen-bond acceptors (Lipinski definition) is 4. The SMILES string of the molecule is COC(C)(CC(=O)C1CC2CCC(C1)O2)OC. The van der Waals surface area contributed by atoms with Crippen LogP contribution in [0.2, 0.25) is 0 Å². The maximum atomic E-state index is 12.2. The van der Waals surface area contributed by atoms with E-state index in [-0.39, 0.29) is 11.7 Å². The lowest BCUT2D eigenvalue weighted by molar-refractivity contribution is -0.199. The fourth-order valence-electron chi connectivity index (χ4n) is 2.81. The monoisotopic (exact) mass is 242 g/mol. The second kappa shape index (κ2) is 5.04. The average Bonchev–Trinajstić information content (AvgIpc) is 2.68. The molecule has 0 N–H and O–H groups in total. The number of Topliss-reactive ketones (excluding diaryl/α,β-unsaturated/α-hetero) is 1. The summed E-state index contributed by atoms with van der Waals surface area (Å²) in [6, 6.07) is 0. The summed E-state index contributed by atoms with van der Waals surface area (Å²) in [6.07, 6.45) is 4.90. The maximum Gasteiger partial charge on any atom is 0.171 e. The predicted molar refractivity (Wildman–Crippen MR) is 62.7 cm³/mol. The van der Waals surface area contributed by atoms with Gasteiger partial charge in [0.25, 0.3) is 0 Å². The van der Waals surface area contributed by atoms with E-state index in [0.29, 0.717) is 18.6 Å². The summed E-state index contributed by atoms with van der Waals surface area (Å²) in [5.74, 6) is -0.406. The van der Waals surface area contributed by atoms with Gasteiger partial charge in [0.15, 0.2) is 5.79 Å². The first-order chi connectivity index (χ1) is 8.06. The number of methoxy groups -OCH3 is 2. The molecule has 0 saturated carbocycles. The first-order valence-electron chi connectivity index (χ1n) is 6.35. The largest absolute Gasteiger partial charge is 0.375 e. The van der Waals surface area contributed by atoms with Gasteiger partial charge >= 0.3 is 0 Å². The van der Waals surface area contributed by atoms with Gasteiger partial charge in [-0.3, -0.25) is 4.79 Å². The van der Waals surface area contributed by atoms with E-state index >= 15 is 0 Å². The van der Waals surface area contributed by atoms with E-state index in [1.807, 2.05) is 0 Å². The zero-order chi connectivity index (χ0) is 12.5. The molecule has 0 spiro atoms. The van der Waals surface area contributed by atoms with E-state index in [9.17, 15) is 4.79 Å². The second-order valence-electron chi connectivity index (χ2n) is 5.31. The van der Waals surface area contributed by atoms with Gasteiger partial charge < -0.3 is 14.2 Å². The second-order valence-corrected chi connectivity index (χ2v) is 5.31. The molecular weight excluding hydrogens is 220 g/mol. The van der Waals surface area contributed by atoms with Gasteiger partial charge in [0, 0.05) is 20.1 Å². The topological polar surface area (TPSA) is 44.8 Å². The molecule has 0 aromatic rings. The summed E-state index contributed by atoms with van der Waals surface area (Å²) in [7, 11) is 3.15. The molecule has 17 heavy (non-hydrogen) atoms. The summed E-state index contributed by atoms with van der Waals surface area (Å²) < 4.78 is 16.2. The Kier molecular flexibility index (Phi) is 3.85. The lowest BCUT2D eigenvalue weighted by Crippen LogP contribution is -2.37. The minimum Gasteiger partial charge on any atom is -0.375 e. The quantitative estimate of drug-likeness (QED) is 0.691. The van der Waals surface area contributed by atoms with Crippen molar-refractivity contribution in [3.63, 3.8) is 0 Å². The van der Waals surface area contributed by atoms with Crippen LogP contribution in [0, 0.1) is 5.92 Å². The van der Waals surface area contributed by atoms with Crippen molar-refractivity contribution in [2.24, 2.45) is 5.92 Å². The molecule has 98 valence electrons. The smallest absolute Gasteiger partial charge is 0.171 e. The molecule has 2 bridgehead atoms. The third-order valence-electron chi connectivity index (χ3n) is 4.10. The van der Waals surface area contributed by atoms with Crippen LogP contribution in [0.3, 0.4) is 0 Å². The molecular formula is C13H22O4. The molecule has 2 heterocycles. The van der Waals surface area contributed by atoms with Gasteiger partial charge in [-0.25, -0.2) is 0 Å². The van der Waals surface area contributed by atoms with Crippen molar-refractivity contribution in [2.75, 3.05) is 14.2 Å². The van der Waals surface area contributed by atoms with E-state index in [4.69, 9.17) is 14.2 Å². The number of rotatable bonds is 5. The Morgan fingerprint density at radius 2 is 1.76 bits per heavy atom. The van der Waals surface area contributed by atoms with Crippen LogP contribution in [0.25, 0.3) is 0 Å². The number of ether oxygens (including phenoxy) is 3. The Morgan fingerprint density at radius 3 is 2.24 bits per heavy atom. The molecule has 2 rings (SSSR count). The van der Waals surface area contributed by atoms with Gasteiger partial charge in [-0.15, -0.1) is 0 Å². The highest BCUT2D eigenvalue weighted by Crippen LogP contribution is 2.37. The molecule has 2 fully saturated rings. The fourth-order valence-corrected chi connectivity index (χ4v) is 2.81. The van der Waals surface area contributed by atoms with Crippen LogP contribution in [0.15, 0.2) is 0 Å². The minimum atomic E-state index is -0.783. The highest BCUT2D eigenvalue weighted by atomic mass is 16.7. The molecule has 0 aromatic heterocycles. The maximum absolute atomic E-state index is 12.2. The number of carbonyl (C=O) groups is 1. The van der Waals surface area contributed by atoms with Crippen LogP contribution in [-0.2, 0) is 19.0 Å². The lowest BCUT2D eigenvalue weighted by Gasteiger charge is -2.31. The molecule has 0 radical (unpaired) electrons. The molecule has 2 saturated heterocycles. The van der Waals surface area contributed by atoms with Crippen molar-refractivity contribution in [3.8, 4) is 0 Å². The van der Waals surface area contributed by atoms with Crippen LogP contribution < -0.4 is 0 Å². The minimum absolute atomic E-state index is 0.130. The van der Waals surface area contributed by atoms with E-state index < -0.39 is 5.79 Å². The summed E-state index contributed by atoms with van der Waals surface area (Å²) >= 11 is 0. The Morgan fingerprint density at radius 1 is 1.24 bits per heavy atom. The van der Waals surface area contributed by atoms with Gasteiger partial charge in [0.2, 0.25) is 0 Å². The summed E-state index contributed by atoms with van der Waals surface area (Å²) in [4.78, 5) is 12.2. The molecule has 4 heteroatoms. The summed E-state index contributed by atoms with van der Waals surface area (Å²) in [6.45, 7) is 1.80. The normalized spacial score (nSPS) is 32.8. The number of fused-ring (bicyclic) bond motifs is 2. The number of ketones is 1. The van der Waals surface area contributed by atoms with Crippen LogP contribution in [0.1, 0.15) is 39.0 Å². The first-order valence-corrected chi connectivity index (χ1v) is 6.35. The molecule has 0 aliphatic carbocycles. The van der Waals surface area contributed by atoms with E-state index in [0.717, 1.165) is 25.7 Å². The van der Waals surface area contributed by atoms with Gasteiger partial charge in [0.05, 0.1) is 18.6 Å². The third kappa shape index (κ3) is 2.87. The molecule has 0 aromatic carbocycles. The van der Waals surface area contributed by atoms with Crippen LogP contribution in [0.4, 0.5) is 0 Å². The molecule has 2 aliphatic rings. The Bertz CT molecular complexity index is 273. The molecule has 2 aliphatic heterocycles.